The Labute approximate surface area is 101 Å². The quantitative estimate of drug-likeness (QED) is 0.875. The summed E-state index contributed by atoms with van der Waals surface area (Å²) in [6.07, 6.45) is 5.31. The van der Waals surface area contributed by atoms with Crippen molar-refractivity contribution in [1.82, 2.24) is 9.97 Å². The van der Waals surface area contributed by atoms with Crippen molar-refractivity contribution in [2.24, 2.45) is 0 Å². The third-order valence-electron chi connectivity index (χ3n) is 2.52. The molecule has 2 aromatic rings. The number of hydrogen-bond donors (Lipinski definition) is 1. The Balaban J connectivity index is 2.05. The van der Waals surface area contributed by atoms with Crippen LogP contribution in [0, 0.1) is 0 Å². The van der Waals surface area contributed by atoms with Gasteiger partial charge in [0.2, 0.25) is 0 Å². The van der Waals surface area contributed by atoms with Crippen LogP contribution in [0.2, 0.25) is 0 Å². The number of nitrogens with zero attached hydrogens (tertiary/aromatic N) is 2. The predicted molar refractivity (Wildman–Crippen MR) is 67.1 cm³/mol. The first-order chi connectivity index (χ1) is 8.29. The van der Waals surface area contributed by atoms with E-state index in [2.05, 4.69) is 22.2 Å². The Hall–Kier alpha value is -2.10. The van der Waals surface area contributed by atoms with Crippen LogP contribution in [-0.2, 0) is 0 Å². The van der Waals surface area contributed by atoms with Gasteiger partial charge in [0.05, 0.1) is 19.3 Å². The molecule has 17 heavy (non-hydrogen) atoms. The van der Waals surface area contributed by atoms with E-state index >= 15 is 0 Å². The van der Waals surface area contributed by atoms with Crippen molar-refractivity contribution < 1.29 is 4.74 Å². The van der Waals surface area contributed by atoms with Gasteiger partial charge in [0, 0.05) is 12.4 Å². The van der Waals surface area contributed by atoms with Gasteiger partial charge in [0.15, 0.2) is 0 Å². The molecule has 2 heterocycles. The molecule has 0 radical (unpaired) electrons. The van der Waals surface area contributed by atoms with Gasteiger partial charge in [-0.1, -0.05) is 6.07 Å². The molecule has 4 heteroatoms. The number of anilines is 1. The number of rotatable bonds is 4. The normalized spacial score (nSPS) is 11.9. The minimum Gasteiger partial charge on any atom is -0.495 e. The second kappa shape index (κ2) is 5.30. The third kappa shape index (κ3) is 2.93. The number of methoxy groups -OCH3 is 1. The fourth-order valence-electron chi connectivity index (χ4n) is 1.52. The van der Waals surface area contributed by atoms with Gasteiger partial charge in [-0.25, -0.2) is 4.98 Å². The zero-order valence-electron chi connectivity index (χ0n) is 9.92. The van der Waals surface area contributed by atoms with Crippen LogP contribution in [0.4, 0.5) is 5.82 Å². The van der Waals surface area contributed by atoms with Gasteiger partial charge in [-0.2, -0.15) is 0 Å². The van der Waals surface area contributed by atoms with E-state index in [1.807, 2.05) is 30.5 Å². The van der Waals surface area contributed by atoms with Crippen molar-refractivity contribution in [3.63, 3.8) is 0 Å². The molecular weight excluding hydrogens is 214 g/mol. The number of ether oxygens (including phenoxy) is 1. The van der Waals surface area contributed by atoms with Crippen molar-refractivity contribution in [3.8, 4) is 5.75 Å². The van der Waals surface area contributed by atoms with E-state index in [0.717, 1.165) is 17.1 Å². The van der Waals surface area contributed by atoms with E-state index < -0.39 is 0 Å². The van der Waals surface area contributed by atoms with E-state index in [9.17, 15) is 0 Å². The molecule has 1 unspecified atom stereocenters. The SMILES string of the molecule is COc1ccc(NC(C)c2cccnc2)nc1. The second-order valence-corrected chi connectivity index (χ2v) is 3.74. The van der Waals surface area contributed by atoms with Gasteiger partial charge in [0.25, 0.3) is 0 Å². The first-order valence-corrected chi connectivity index (χ1v) is 5.46. The first-order valence-electron chi connectivity index (χ1n) is 5.46. The summed E-state index contributed by atoms with van der Waals surface area (Å²) >= 11 is 0. The van der Waals surface area contributed by atoms with Crippen LogP contribution >= 0.6 is 0 Å². The molecule has 0 spiro atoms. The molecule has 1 N–H and O–H groups in total. The predicted octanol–water partition coefficient (Wildman–Crippen LogP) is 2.66. The van der Waals surface area contributed by atoms with Gasteiger partial charge in [-0.15, -0.1) is 0 Å². The van der Waals surface area contributed by atoms with E-state index in [1.165, 1.54) is 0 Å². The molecule has 0 fully saturated rings. The van der Waals surface area contributed by atoms with Crippen LogP contribution in [0.3, 0.4) is 0 Å². The monoisotopic (exact) mass is 229 g/mol. The Morgan fingerprint density at radius 1 is 1.24 bits per heavy atom. The Morgan fingerprint density at radius 2 is 2.12 bits per heavy atom. The molecule has 0 aliphatic heterocycles. The molecule has 2 rings (SSSR count). The maximum Gasteiger partial charge on any atom is 0.137 e. The summed E-state index contributed by atoms with van der Waals surface area (Å²) < 4.78 is 5.06. The Morgan fingerprint density at radius 3 is 2.71 bits per heavy atom. The molecule has 88 valence electrons. The van der Waals surface area contributed by atoms with Gasteiger partial charge in [-0.05, 0) is 30.7 Å². The molecule has 0 saturated carbocycles. The highest BCUT2D eigenvalue weighted by Crippen LogP contribution is 2.18. The molecule has 0 aliphatic carbocycles. The fourth-order valence-corrected chi connectivity index (χ4v) is 1.52. The summed E-state index contributed by atoms with van der Waals surface area (Å²) in [5.74, 6) is 1.58. The number of hydrogen-bond acceptors (Lipinski definition) is 4. The Bertz CT molecular complexity index is 456. The van der Waals surface area contributed by atoms with Gasteiger partial charge in [-0.3, -0.25) is 4.98 Å². The second-order valence-electron chi connectivity index (χ2n) is 3.74. The zero-order valence-corrected chi connectivity index (χ0v) is 9.92. The fraction of sp³-hybridized carbons (Fsp3) is 0.231. The lowest BCUT2D eigenvalue weighted by atomic mass is 10.1. The molecule has 0 saturated heterocycles. The van der Waals surface area contributed by atoms with Crippen molar-refractivity contribution in [2.45, 2.75) is 13.0 Å². The first kappa shape index (κ1) is 11.4. The molecule has 0 bridgehead atoms. The molecule has 0 amide bonds. The van der Waals surface area contributed by atoms with Gasteiger partial charge >= 0.3 is 0 Å². The van der Waals surface area contributed by atoms with E-state index in [4.69, 9.17) is 4.74 Å². The maximum absolute atomic E-state index is 5.06. The summed E-state index contributed by atoms with van der Waals surface area (Å²) in [4.78, 5) is 8.35. The largest absolute Gasteiger partial charge is 0.495 e. The number of nitrogens with one attached hydrogen (secondary N) is 1. The van der Waals surface area contributed by atoms with Crippen LogP contribution < -0.4 is 10.1 Å². The minimum atomic E-state index is 0.171. The lowest BCUT2D eigenvalue weighted by molar-refractivity contribution is 0.413. The maximum atomic E-state index is 5.06. The molecule has 4 nitrogen and oxygen atoms in total. The van der Waals surface area contributed by atoms with Crippen LogP contribution in [-0.4, -0.2) is 17.1 Å². The average Bonchev–Trinajstić information content (AvgIpc) is 2.40. The van der Waals surface area contributed by atoms with Crippen molar-refractivity contribution in [2.75, 3.05) is 12.4 Å². The van der Waals surface area contributed by atoms with Crippen LogP contribution in [0.25, 0.3) is 0 Å². The van der Waals surface area contributed by atoms with Gasteiger partial charge < -0.3 is 10.1 Å². The molecule has 1 atom stereocenters. The topological polar surface area (TPSA) is 47.0 Å². The van der Waals surface area contributed by atoms with Gasteiger partial charge in [0.1, 0.15) is 11.6 Å². The van der Waals surface area contributed by atoms with E-state index in [0.29, 0.717) is 0 Å². The smallest absolute Gasteiger partial charge is 0.137 e. The van der Waals surface area contributed by atoms with Crippen LogP contribution in [0.1, 0.15) is 18.5 Å². The summed E-state index contributed by atoms with van der Waals surface area (Å²) in [6, 6.07) is 7.91. The van der Waals surface area contributed by atoms with Crippen molar-refractivity contribution in [3.05, 3.63) is 48.4 Å². The summed E-state index contributed by atoms with van der Waals surface area (Å²) in [5.41, 5.74) is 1.13. The number of pyridine rings is 2. The van der Waals surface area contributed by atoms with Crippen molar-refractivity contribution in [1.29, 1.82) is 0 Å². The summed E-state index contributed by atoms with van der Waals surface area (Å²) in [5, 5.41) is 3.30. The zero-order chi connectivity index (χ0) is 12.1. The standard InChI is InChI=1S/C13H15N3O/c1-10(11-4-3-7-14-8-11)16-13-6-5-12(17-2)9-15-13/h3-10H,1-2H3,(H,15,16). The lowest BCUT2D eigenvalue weighted by Gasteiger charge is -2.14. The van der Waals surface area contributed by atoms with E-state index in [-0.39, 0.29) is 6.04 Å². The van der Waals surface area contributed by atoms with Crippen molar-refractivity contribution >= 4 is 5.82 Å². The molecule has 2 aromatic heterocycles. The summed E-state index contributed by atoms with van der Waals surface area (Å²) in [7, 11) is 1.63. The molecular formula is C13H15N3O. The molecule has 0 aliphatic rings. The number of aromatic nitrogens is 2. The average molecular weight is 229 g/mol. The summed E-state index contributed by atoms with van der Waals surface area (Å²) in [6.45, 7) is 2.07. The third-order valence-corrected chi connectivity index (χ3v) is 2.52. The highest BCUT2D eigenvalue weighted by Gasteiger charge is 2.05. The van der Waals surface area contributed by atoms with Crippen LogP contribution in [0.15, 0.2) is 42.9 Å². The lowest BCUT2D eigenvalue weighted by Crippen LogP contribution is -2.07. The highest BCUT2D eigenvalue weighted by molar-refractivity contribution is 5.39. The molecule has 0 aromatic carbocycles. The highest BCUT2D eigenvalue weighted by atomic mass is 16.5. The minimum absolute atomic E-state index is 0.171. The van der Waals surface area contributed by atoms with E-state index in [1.54, 1.807) is 19.5 Å². The Kier molecular flexibility index (Phi) is 3.55. The van der Waals surface area contributed by atoms with Crippen LogP contribution in [0.5, 0.6) is 5.75 Å².